The molecule has 3 N–H and O–H groups in total. The summed E-state index contributed by atoms with van der Waals surface area (Å²) in [6.07, 6.45) is -4.25. The molecular weight excluding hydrogens is 215 g/mol. The van der Waals surface area contributed by atoms with Crippen LogP contribution < -0.4 is 18.1 Å². The van der Waals surface area contributed by atoms with Crippen LogP contribution >= 0.6 is 0 Å². The molecule has 0 aliphatic heterocycles. The number of halogens is 4. The number of hydrogen-bond donors (Lipinski definition) is 1. The number of rotatable bonds is 1. The predicted octanol–water partition coefficient (Wildman–Crippen LogP) is -0.988. The van der Waals surface area contributed by atoms with Crippen LogP contribution in [0.1, 0.15) is 24.1 Å². The molecule has 5 heteroatoms. The van der Waals surface area contributed by atoms with Gasteiger partial charge in [-0.05, 0) is 19.1 Å². The molecule has 0 unspecified atom stereocenters. The third-order valence-electron chi connectivity index (χ3n) is 1.81. The third-order valence-corrected chi connectivity index (χ3v) is 1.81. The molecule has 0 bridgehead atoms. The molecule has 14 heavy (non-hydrogen) atoms. The van der Waals surface area contributed by atoms with E-state index in [1.165, 1.54) is 12.1 Å². The number of quaternary nitrogens is 1. The van der Waals surface area contributed by atoms with Crippen molar-refractivity contribution in [1.82, 2.24) is 0 Å². The van der Waals surface area contributed by atoms with Gasteiger partial charge in [-0.2, -0.15) is 13.2 Å². The molecule has 1 nitrogen and oxygen atoms in total. The first kappa shape index (κ1) is 13.3. The van der Waals surface area contributed by atoms with E-state index in [9.17, 15) is 13.2 Å². The molecule has 0 saturated heterocycles. The fourth-order valence-corrected chi connectivity index (χ4v) is 1.00. The van der Waals surface area contributed by atoms with E-state index < -0.39 is 11.7 Å². The lowest BCUT2D eigenvalue weighted by Crippen LogP contribution is -3.00. The monoisotopic (exact) mass is 225 g/mol. The maximum absolute atomic E-state index is 12.1. The molecule has 0 radical (unpaired) electrons. The molecule has 0 aromatic heterocycles. The average molecular weight is 226 g/mol. The van der Waals surface area contributed by atoms with Gasteiger partial charge in [-0.25, -0.2) is 0 Å². The quantitative estimate of drug-likeness (QED) is 0.636. The minimum absolute atomic E-state index is 0. The Morgan fingerprint density at radius 2 is 1.57 bits per heavy atom. The lowest BCUT2D eigenvalue weighted by Gasteiger charge is -2.07. The van der Waals surface area contributed by atoms with E-state index in [0.29, 0.717) is 0 Å². The molecule has 0 saturated carbocycles. The summed E-state index contributed by atoms with van der Waals surface area (Å²) in [6.45, 7) is 1.84. The van der Waals surface area contributed by atoms with Gasteiger partial charge in [0.25, 0.3) is 0 Å². The van der Waals surface area contributed by atoms with Crippen LogP contribution in [-0.2, 0) is 6.18 Å². The molecular formula is C9H11ClF3N. The van der Waals surface area contributed by atoms with E-state index in [-0.39, 0.29) is 18.4 Å². The molecule has 0 aliphatic rings. The standard InChI is InChI=1S/C9H10F3N.ClH/c1-6(13)7-2-4-8(5-3-7)9(10,11)12;/h2-6H,13H2,1H3;1H/t6-;/m1./s1. The zero-order chi connectivity index (χ0) is 10.1. The van der Waals surface area contributed by atoms with Gasteiger partial charge >= 0.3 is 6.18 Å². The van der Waals surface area contributed by atoms with Crippen LogP contribution in [0.3, 0.4) is 0 Å². The minimum Gasteiger partial charge on any atom is -1.00 e. The number of hydrogen-bond acceptors (Lipinski definition) is 0. The van der Waals surface area contributed by atoms with E-state index in [1.807, 2.05) is 6.92 Å². The van der Waals surface area contributed by atoms with Crippen LogP contribution in [0.4, 0.5) is 13.2 Å². The molecule has 0 aliphatic carbocycles. The van der Waals surface area contributed by atoms with Crippen molar-refractivity contribution in [2.24, 2.45) is 0 Å². The lowest BCUT2D eigenvalue weighted by atomic mass is 10.1. The van der Waals surface area contributed by atoms with Gasteiger partial charge in [0.2, 0.25) is 0 Å². The topological polar surface area (TPSA) is 27.6 Å². The lowest BCUT2D eigenvalue weighted by molar-refractivity contribution is -0.420. The average Bonchev–Trinajstić information content (AvgIpc) is 2.03. The van der Waals surface area contributed by atoms with Gasteiger partial charge in [-0.15, -0.1) is 0 Å². The molecule has 0 amide bonds. The van der Waals surface area contributed by atoms with E-state index in [0.717, 1.165) is 17.7 Å². The van der Waals surface area contributed by atoms with Crippen molar-refractivity contribution in [2.75, 3.05) is 0 Å². The Bertz CT molecular complexity index is 279. The van der Waals surface area contributed by atoms with Crippen LogP contribution in [0.15, 0.2) is 24.3 Å². The first-order chi connectivity index (χ1) is 5.91. The summed E-state index contributed by atoms with van der Waals surface area (Å²) in [6, 6.07) is 5.09. The molecule has 1 rings (SSSR count). The van der Waals surface area contributed by atoms with Crippen molar-refractivity contribution in [3.63, 3.8) is 0 Å². The highest BCUT2D eigenvalue weighted by atomic mass is 35.5. The molecule has 1 aromatic rings. The molecule has 0 heterocycles. The Morgan fingerprint density at radius 1 is 1.14 bits per heavy atom. The highest BCUT2D eigenvalue weighted by Crippen LogP contribution is 2.29. The highest BCUT2D eigenvalue weighted by Gasteiger charge is 2.30. The molecule has 0 fully saturated rings. The normalized spacial score (nSPS) is 13.2. The van der Waals surface area contributed by atoms with Gasteiger partial charge in [0.15, 0.2) is 0 Å². The Kier molecular flexibility index (Phi) is 4.42. The van der Waals surface area contributed by atoms with Gasteiger partial charge < -0.3 is 18.1 Å². The van der Waals surface area contributed by atoms with Gasteiger partial charge in [0, 0.05) is 5.56 Å². The zero-order valence-electron chi connectivity index (χ0n) is 7.61. The maximum atomic E-state index is 12.1. The molecule has 1 atom stereocenters. The van der Waals surface area contributed by atoms with Gasteiger partial charge in [0.05, 0.1) is 5.56 Å². The molecule has 1 aromatic carbocycles. The summed E-state index contributed by atoms with van der Waals surface area (Å²) >= 11 is 0. The SMILES string of the molecule is C[C@@H]([NH3+])c1ccc(C(F)(F)F)cc1.[Cl-]. The van der Waals surface area contributed by atoms with Crippen LogP contribution in [0.25, 0.3) is 0 Å². The van der Waals surface area contributed by atoms with E-state index in [2.05, 4.69) is 5.73 Å². The van der Waals surface area contributed by atoms with Crippen molar-refractivity contribution < 1.29 is 31.3 Å². The van der Waals surface area contributed by atoms with Gasteiger partial charge in [-0.3, -0.25) is 0 Å². The summed E-state index contributed by atoms with van der Waals surface area (Å²) in [7, 11) is 0. The van der Waals surface area contributed by atoms with E-state index in [1.54, 1.807) is 0 Å². The molecule has 0 spiro atoms. The number of benzene rings is 1. The Balaban J connectivity index is 0.00000169. The maximum Gasteiger partial charge on any atom is 0.416 e. The van der Waals surface area contributed by atoms with Crippen molar-refractivity contribution in [1.29, 1.82) is 0 Å². The fraction of sp³-hybridized carbons (Fsp3) is 0.333. The first-order valence-corrected chi connectivity index (χ1v) is 3.91. The largest absolute Gasteiger partial charge is 1.00 e. The van der Waals surface area contributed by atoms with Crippen molar-refractivity contribution >= 4 is 0 Å². The smallest absolute Gasteiger partial charge is 0.416 e. The Morgan fingerprint density at radius 3 is 1.86 bits per heavy atom. The fourth-order valence-electron chi connectivity index (χ4n) is 1.00. The summed E-state index contributed by atoms with van der Waals surface area (Å²) in [4.78, 5) is 0. The van der Waals surface area contributed by atoms with Crippen LogP contribution in [-0.4, -0.2) is 0 Å². The van der Waals surface area contributed by atoms with Crippen LogP contribution in [0.2, 0.25) is 0 Å². The van der Waals surface area contributed by atoms with Crippen LogP contribution in [0, 0.1) is 0 Å². The summed E-state index contributed by atoms with van der Waals surface area (Å²) in [5, 5.41) is 0. The van der Waals surface area contributed by atoms with Crippen molar-refractivity contribution in [3.05, 3.63) is 35.4 Å². The summed E-state index contributed by atoms with van der Waals surface area (Å²) < 4.78 is 36.3. The summed E-state index contributed by atoms with van der Waals surface area (Å²) in [5.41, 5.74) is 3.92. The van der Waals surface area contributed by atoms with E-state index in [4.69, 9.17) is 0 Å². The molecule has 80 valence electrons. The first-order valence-electron chi connectivity index (χ1n) is 3.91. The Labute approximate surface area is 86.5 Å². The second kappa shape index (κ2) is 4.66. The van der Waals surface area contributed by atoms with Gasteiger partial charge in [-0.1, -0.05) is 12.1 Å². The minimum atomic E-state index is -4.25. The van der Waals surface area contributed by atoms with Crippen molar-refractivity contribution in [2.45, 2.75) is 19.1 Å². The van der Waals surface area contributed by atoms with Crippen LogP contribution in [0.5, 0.6) is 0 Å². The van der Waals surface area contributed by atoms with Gasteiger partial charge in [0.1, 0.15) is 6.04 Å². The number of alkyl halides is 3. The zero-order valence-corrected chi connectivity index (χ0v) is 8.36. The predicted molar refractivity (Wildman–Crippen MR) is 42.7 cm³/mol. The highest BCUT2D eigenvalue weighted by molar-refractivity contribution is 5.25. The summed E-state index contributed by atoms with van der Waals surface area (Å²) in [5.74, 6) is 0. The third kappa shape index (κ3) is 3.20. The van der Waals surface area contributed by atoms with E-state index >= 15 is 0 Å². The Hall–Kier alpha value is -0.740. The second-order valence-corrected chi connectivity index (χ2v) is 3.02. The van der Waals surface area contributed by atoms with Crippen molar-refractivity contribution in [3.8, 4) is 0 Å². The second-order valence-electron chi connectivity index (χ2n) is 3.02.